The molecule has 64 heavy (non-hydrogen) atoms. The lowest BCUT2D eigenvalue weighted by Gasteiger charge is -2.51. The highest BCUT2D eigenvalue weighted by molar-refractivity contribution is 5.83. The number of ether oxygens (including phenoxy) is 8. The van der Waals surface area contributed by atoms with E-state index >= 15 is 0 Å². The third-order valence-corrected chi connectivity index (χ3v) is 11.0. The highest BCUT2D eigenvalue weighted by Crippen LogP contribution is 2.47. The van der Waals surface area contributed by atoms with E-state index in [1.165, 1.54) is 19.3 Å². The van der Waals surface area contributed by atoms with Gasteiger partial charge in [-0.15, -0.1) is 0 Å². The van der Waals surface area contributed by atoms with E-state index in [0.29, 0.717) is 25.2 Å². The Morgan fingerprint density at radius 1 is 0.891 bits per heavy atom. The molecule has 0 unspecified atom stereocenters. The number of carboxylic acids is 1. The molecule has 1 saturated heterocycles. The van der Waals surface area contributed by atoms with Gasteiger partial charge in [-0.25, -0.2) is 9.59 Å². The summed E-state index contributed by atoms with van der Waals surface area (Å²) in [6.07, 6.45) is 4.25. The number of benzene rings is 2. The third kappa shape index (κ3) is 18.8. The summed E-state index contributed by atoms with van der Waals surface area (Å²) in [5, 5.41) is 31.4. The smallest absolute Gasteiger partial charge is 0.330 e. The van der Waals surface area contributed by atoms with Crippen molar-refractivity contribution in [1.29, 1.82) is 0 Å². The van der Waals surface area contributed by atoms with Crippen molar-refractivity contribution in [2.24, 2.45) is 5.41 Å². The van der Waals surface area contributed by atoms with Gasteiger partial charge >= 0.3 is 23.9 Å². The molecule has 1 aliphatic rings. The van der Waals surface area contributed by atoms with Crippen LogP contribution in [0, 0.1) is 5.41 Å². The van der Waals surface area contributed by atoms with Gasteiger partial charge in [0.1, 0.15) is 5.75 Å². The average molecular weight is 899 g/mol. The molecule has 0 aliphatic carbocycles. The van der Waals surface area contributed by atoms with Crippen LogP contribution in [-0.2, 0) is 65.5 Å². The summed E-state index contributed by atoms with van der Waals surface area (Å²) in [7, 11) is 2.82. The minimum absolute atomic E-state index is 0.00290. The lowest BCUT2D eigenvalue weighted by Crippen LogP contribution is -2.62. The number of carboxylic acid groups (broad SMARTS) is 1. The standard InChI is InChI=1S/C49H70O15/c1-7-8-9-10-14-18-45(54)63-47-38(30-46(55)58-6)29-41(32-42(35(2)61-33-36-16-12-11-13-17-36)62-34-37-19-21-40(57-5)22-20-37)64-49(47,56)48(3,4)25-23-44(53)60-27-15-26-59-28-24-39(50)31-43(51)52/h11-13,16-17,19-23,25,30,35,39,41-42,47,50,56H,7-10,14-15,18,24,26-29,31-34H2,1-6H3,(H,51,52)/b25-23+,38-30+/t35-,39-,41+,42-,47+,49-/m1/s1. The number of esters is 3. The van der Waals surface area contributed by atoms with Crippen LogP contribution in [0.1, 0.15) is 109 Å². The number of aliphatic hydroxyl groups excluding tert-OH is 1. The minimum atomic E-state index is -2.34. The second kappa shape index (κ2) is 28.3. The van der Waals surface area contributed by atoms with Gasteiger partial charge in [-0.1, -0.05) is 95.0 Å². The zero-order valence-electron chi connectivity index (χ0n) is 38.4. The van der Waals surface area contributed by atoms with Crippen LogP contribution in [-0.4, -0.2) is 110 Å². The summed E-state index contributed by atoms with van der Waals surface area (Å²) in [6.45, 7) is 8.11. The molecule has 1 aliphatic heterocycles. The second-order valence-electron chi connectivity index (χ2n) is 16.6. The van der Waals surface area contributed by atoms with Crippen molar-refractivity contribution in [2.45, 2.75) is 148 Å². The van der Waals surface area contributed by atoms with E-state index < -0.39 is 65.6 Å². The molecule has 1 heterocycles. The molecule has 1 fully saturated rings. The van der Waals surface area contributed by atoms with E-state index in [1.807, 2.05) is 61.5 Å². The predicted molar refractivity (Wildman–Crippen MR) is 237 cm³/mol. The lowest BCUT2D eigenvalue weighted by molar-refractivity contribution is -0.328. The fourth-order valence-electron chi connectivity index (χ4n) is 7.05. The Labute approximate surface area is 378 Å². The van der Waals surface area contributed by atoms with Crippen molar-refractivity contribution in [1.82, 2.24) is 0 Å². The molecular formula is C49H70O15. The number of hydrogen-bond acceptors (Lipinski definition) is 14. The summed E-state index contributed by atoms with van der Waals surface area (Å²) < 4.78 is 46.7. The number of carbonyl (C=O) groups is 4. The van der Waals surface area contributed by atoms with Crippen LogP contribution < -0.4 is 4.74 Å². The molecule has 0 bridgehead atoms. The number of aliphatic hydroxyl groups is 2. The summed E-state index contributed by atoms with van der Waals surface area (Å²) in [4.78, 5) is 50.2. The summed E-state index contributed by atoms with van der Waals surface area (Å²) in [5.41, 5.74) is 0.654. The van der Waals surface area contributed by atoms with Crippen LogP contribution >= 0.6 is 0 Å². The number of carbonyl (C=O) groups excluding carboxylic acids is 3. The predicted octanol–water partition coefficient (Wildman–Crippen LogP) is 7.18. The van der Waals surface area contributed by atoms with Crippen LogP contribution in [0.25, 0.3) is 0 Å². The molecule has 356 valence electrons. The van der Waals surface area contributed by atoms with Crippen LogP contribution in [0.5, 0.6) is 5.75 Å². The fraction of sp³-hybridized carbons (Fsp3) is 0.592. The monoisotopic (exact) mass is 898 g/mol. The number of methoxy groups -OCH3 is 2. The first-order valence-corrected chi connectivity index (χ1v) is 22.2. The maximum absolute atomic E-state index is 13.5. The maximum Gasteiger partial charge on any atom is 0.330 e. The van der Waals surface area contributed by atoms with Gasteiger partial charge in [0, 0.05) is 50.0 Å². The Hall–Kier alpha value is -4.64. The molecule has 0 radical (unpaired) electrons. The molecule has 3 N–H and O–H groups in total. The van der Waals surface area contributed by atoms with Crippen LogP contribution in [0.15, 0.2) is 78.4 Å². The zero-order chi connectivity index (χ0) is 47.0. The first-order valence-electron chi connectivity index (χ1n) is 22.2. The topological polar surface area (TPSA) is 203 Å². The Morgan fingerprint density at radius 3 is 2.25 bits per heavy atom. The zero-order valence-corrected chi connectivity index (χ0v) is 38.4. The van der Waals surface area contributed by atoms with Crippen LogP contribution in [0.3, 0.4) is 0 Å². The molecular weight excluding hydrogens is 829 g/mol. The fourth-order valence-corrected chi connectivity index (χ4v) is 7.05. The van der Waals surface area contributed by atoms with E-state index in [1.54, 1.807) is 21.0 Å². The Bertz CT molecular complexity index is 1760. The number of hydrogen-bond donors (Lipinski definition) is 3. The molecule has 2 aromatic rings. The SMILES string of the molecule is CCCCCCCC(=O)O[C@H]1/C(=C/C(=O)OC)C[C@@H](C[C@@H](OCc2ccc(OC)cc2)[C@@H](C)OCc2ccccc2)O[C@@]1(O)C(C)(C)/C=C/C(=O)OCCCOCC[C@@H](O)CC(=O)O. The average Bonchev–Trinajstić information content (AvgIpc) is 3.27. The van der Waals surface area contributed by atoms with E-state index in [0.717, 1.165) is 42.9 Å². The number of unbranched alkanes of at least 4 members (excludes halogenated alkanes) is 4. The van der Waals surface area contributed by atoms with Crippen molar-refractivity contribution in [2.75, 3.05) is 34.0 Å². The second-order valence-corrected chi connectivity index (χ2v) is 16.6. The molecule has 15 nitrogen and oxygen atoms in total. The quantitative estimate of drug-likeness (QED) is 0.0308. The van der Waals surface area contributed by atoms with Crippen molar-refractivity contribution in [3.63, 3.8) is 0 Å². The molecule has 2 aromatic carbocycles. The van der Waals surface area contributed by atoms with E-state index in [9.17, 15) is 29.4 Å². The minimum Gasteiger partial charge on any atom is -0.497 e. The highest BCUT2D eigenvalue weighted by atomic mass is 16.7. The van der Waals surface area contributed by atoms with Gasteiger partial charge in [0.15, 0.2) is 6.10 Å². The van der Waals surface area contributed by atoms with E-state index in [2.05, 4.69) is 6.92 Å². The van der Waals surface area contributed by atoms with Crippen molar-refractivity contribution < 1.29 is 72.4 Å². The van der Waals surface area contributed by atoms with Crippen molar-refractivity contribution in [3.05, 3.63) is 89.5 Å². The molecule has 0 amide bonds. The van der Waals surface area contributed by atoms with Gasteiger partial charge < -0.3 is 53.2 Å². The summed E-state index contributed by atoms with van der Waals surface area (Å²) >= 11 is 0. The van der Waals surface area contributed by atoms with E-state index in [4.69, 9.17) is 43.0 Å². The first-order chi connectivity index (χ1) is 30.6. The largest absolute Gasteiger partial charge is 0.497 e. The van der Waals surface area contributed by atoms with E-state index in [-0.39, 0.29) is 64.1 Å². The van der Waals surface area contributed by atoms with Crippen molar-refractivity contribution >= 4 is 23.9 Å². The maximum atomic E-state index is 13.5. The van der Waals surface area contributed by atoms with Gasteiger partial charge in [-0.3, -0.25) is 9.59 Å². The first kappa shape index (κ1) is 53.7. The van der Waals surface area contributed by atoms with Crippen molar-refractivity contribution in [3.8, 4) is 5.75 Å². The van der Waals surface area contributed by atoms with Crippen LogP contribution in [0.2, 0.25) is 0 Å². The third-order valence-electron chi connectivity index (χ3n) is 11.0. The van der Waals surface area contributed by atoms with Gasteiger partial charge in [0.2, 0.25) is 5.79 Å². The van der Waals surface area contributed by atoms with Gasteiger partial charge in [-0.05, 0) is 55.0 Å². The normalized spacial score (nSPS) is 19.8. The Morgan fingerprint density at radius 2 is 1.58 bits per heavy atom. The molecule has 0 spiro atoms. The molecule has 15 heteroatoms. The highest BCUT2D eigenvalue weighted by Gasteiger charge is 2.57. The van der Waals surface area contributed by atoms with Gasteiger partial charge in [0.05, 0.1) is 64.9 Å². The molecule has 0 saturated carbocycles. The molecule has 3 rings (SSSR count). The molecule has 0 aromatic heterocycles. The van der Waals surface area contributed by atoms with Gasteiger partial charge in [0.25, 0.3) is 0 Å². The summed E-state index contributed by atoms with van der Waals surface area (Å²) in [5.74, 6) is -4.76. The van der Waals surface area contributed by atoms with Gasteiger partial charge in [-0.2, -0.15) is 0 Å². The number of aliphatic carboxylic acids is 1. The Balaban J connectivity index is 1.90. The number of rotatable bonds is 30. The molecule has 6 atom stereocenters. The Kier molecular flexibility index (Phi) is 23.8. The van der Waals surface area contributed by atoms with Crippen LogP contribution in [0.4, 0.5) is 0 Å². The summed E-state index contributed by atoms with van der Waals surface area (Å²) in [6, 6.07) is 17.2. The lowest BCUT2D eigenvalue weighted by atomic mass is 9.74.